The zero-order valence-corrected chi connectivity index (χ0v) is 12.3. The summed E-state index contributed by atoms with van der Waals surface area (Å²) in [6.45, 7) is 2.63. The van der Waals surface area contributed by atoms with E-state index in [1.54, 1.807) is 12.5 Å². The SMILES string of the molecule is O=C(Cc1ccc2c(c1)OCCO2)NCCCn1ccnc1. The first-order chi connectivity index (χ1) is 10.8. The van der Waals surface area contributed by atoms with E-state index in [9.17, 15) is 4.79 Å². The summed E-state index contributed by atoms with van der Waals surface area (Å²) >= 11 is 0. The lowest BCUT2D eigenvalue weighted by Gasteiger charge is -2.18. The number of carbonyl (C=O) groups is 1. The predicted molar refractivity (Wildman–Crippen MR) is 81.0 cm³/mol. The number of rotatable bonds is 6. The van der Waals surface area contributed by atoms with Crippen molar-refractivity contribution in [1.82, 2.24) is 14.9 Å². The molecule has 1 aromatic carbocycles. The van der Waals surface area contributed by atoms with Crippen LogP contribution in [0, 0.1) is 0 Å². The zero-order valence-electron chi connectivity index (χ0n) is 12.3. The van der Waals surface area contributed by atoms with Gasteiger partial charge in [-0.05, 0) is 24.1 Å². The van der Waals surface area contributed by atoms with E-state index in [-0.39, 0.29) is 5.91 Å². The average molecular weight is 301 g/mol. The van der Waals surface area contributed by atoms with E-state index in [0.717, 1.165) is 30.0 Å². The molecule has 0 atom stereocenters. The normalized spacial score (nSPS) is 12.9. The smallest absolute Gasteiger partial charge is 0.224 e. The first kappa shape index (κ1) is 14.4. The van der Waals surface area contributed by atoms with Gasteiger partial charge in [-0.2, -0.15) is 0 Å². The monoisotopic (exact) mass is 301 g/mol. The van der Waals surface area contributed by atoms with Crippen molar-refractivity contribution in [2.75, 3.05) is 19.8 Å². The molecule has 3 rings (SSSR count). The molecule has 0 unspecified atom stereocenters. The maximum Gasteiger partial charge on any atom is 0.224 e. The fraction of sp³-hybridized carbons (Fsp3) is 0.375. The molecule has 0 fully saturated rings. The number of amides is 1. The second-order valence-corrected chi connectivity index (χ2v) is 5.16. The molecule has 1 aromatic heterocycles. The Morgan fingerprint density at radius 1 is 1.27 bits per heavy atom. The van der Waals surface area contributed by atoms with Crippen molar-refractivity contribution < 1.29 is 14.3 Å². The number of nitrogens with zero attached hydrogens (tertiary/aromatic N) is 2. The van der Waals surface area contributed by atoms with Gasteiger partial charge in [-0.3, -0.25) is 4.79 Å². The Labute approximate surface area is 129 Å². The standard InChI is InChI=1S/C16H19N3O3/c20-16(18-4-1-6-19-7-5-17-12-19)11-13-2-3-14-15(10-13)22-9-8-21-14/h2-3,5,7,10,12H,1,4,6,8-9,11H2,(H,18,20). The summed E-state index contributed by atoms with van der Waals surface area (Å²) in [7, 11) is 0. The lowest BCUT2D eigenvalue weighted by molar-refractivity contribution is -0.120. The summed E-state index contributed by atoms with van der Waals surface area (Å²) < 4.78 is 13.0. The van der Waals surface area contributed by atoms with Crippen molar-refractivity contribution in [2.45, 2.75) is 19.4 Å². The van der Waals surface area contributed by atoms with Crippen LogP contribution in [-0.4, -0.2) is 35.2 Å². The van der Waals surface area contributed by atoms with Crippen LogP contribution in [0.4, 0.5) is 0 Å². The summed E-state index contributed by atoms with van der Waals surface area (Å²) in [6.07, 6.45) is 6.67. The van der Waals surface area contributed by atoms with Crippen molar-refractivity contribution >= 4 is 5.91 Å². The molecular formula is C16H19N3O3. The number of carbonyl (C=O) groups excluding carboxylic acids is 1. The highest BCUT2D eigenvalue weighted by Gasteiger charge is 2.12. The molecule has 0 radical (unpaired) electrons. The van der Waals surface area contributed by atoms with Gasteiger partial charge in [0.25, 0.3) is 0 Å². The maximum absolute atomic E-state index is 11.9. The summed E-state index contributed by atoms with van der Waals surface area (Å²) in [5.74, 6) is 1.48. The molecule has 1 amide bonds. The van der Waals surface area contributed by atoms with Gasteiger partial charge in [0.2, 0.25) is 5.91 Å². The van der Waals surface area contributed by atoms with Gasteiger partial charge in [0.1, 0.15) is 13.2 Å². The minimum Gasteiger partial charge on any atom is -0.486 e. The van der Waals surface area contributed by atoms with Crippen LogP contribution in [0.15, 0.2) is 36.9 Å². The molecule has 0 saturated heterocycles. The van der Waals surface area contributed by atoms with Gasteiger partial charge in [0.15, 0.2) is 11.5 Å². The van der Waals surface area contributed by atoms with E-state index < -0.39 is 0 Å². The molecule has 116 valence electrons. The van der Waals surface area contributed by atoms with Gasteiger partial charge >= 0.3 is 0 Å². The minimum atomic E-state index is 0.0160. The molecule has 2 aromatic rings. The molecule has 0 aliphatic carbocycles. The molecule has 0 saturated carbocycles. The van der Waals surface area contributed by atoms with Crippen molar-refractivity contribution in [2.24, 2.45) is 0 Å². The van der Waals surface area contributed by atoms with E-state index in [4.69, 9.17) is 9.47 Å². The molecule has 1 aliphatic heterocycles. The summed E-state index contributed by atoms with van der Waals surface area (Å²) in [4.78, 5) is 15.9. The number of imidazole rings is 1. The number of hydrogen-bond acceptors (Lipinski definition) is 4. The Morgan fingerprint density at radius 2 is 2.14 bits per heavy atom. The molecule has 2 heterocycles. The first-order valence-electron chi connectivity index (χ1n) is 7.42. The topological polar surface area (TPSA) is 65.4 Å². The quantitative estimate of drug-likeness (QED) is 0.819. The summed E-state index contributed by atoms with van der Waals surface area (Å²) in [5.41, 5.74) is 0.927. The van der Waals surface area contributed by atoms with E-state index in [1.807, 2.05) is 29.0 Å². The van der Waals surface area contributed by atoms with Crippen LogP contribution in [-0.2, 0) is 17.8 Å². The van der Waals surface area contributed by atoms with Crippen molar-refractivity contribution in [3.05, 3.63) is 42.5 Å². The summed E-state index contributed by atoms with van der Waals surface area (Å²) in [6, 6.07) is 5.63. The maximum atomic E-state index is 11.9. The third-order valence-corrected chi connectivity index (χ3v) is 3.45. The highest BCUT2D eigenvalue weighted by Crippen LogP contribution is 2.30. The third-order valence-electron chi connectivity index (χ3n) is 3.45. The second kappa shape index (κ2) is 6.98. The molecular weight excluding hydrogens is 282 g/mol. The van der Waals surface area contributed by atoms with Crippen LogP contribution in [0.2, 0.25) is 0 Å². The number of ether oxygens (including phenoxy) is 2. The van der Waals surface area contributed by atoms with Crippen LogP contribution in [0.3, 0.4) is 0 Å². The van der Waals surface area contributed by atoms with Gasteiger partial charge in [-0.15, -0.1) is 0 Å². The number of aryl methyl sites for hydroxylation is 1. The van der Waals surface area contributed by atoms with E-state index >= 15 is 0 Å². The summed E-state index contributed by atoms with van der Waals surface area (Å²) in [5, 5.41) is 2.93. The number of hydrogen-bond donors (Lipinski definition) is 1. The van der Waals surface area contributed by atoms with Crippen LogP contribution >= 0.6 is 0 Å². The fourth-order valence-corrected chi connectivity index (χ4v) is 2.35. The second-order valence-electron chi connectivity index (χ2n) is 5.16. The van der Waals surface area contributed by atoms with Gasteiger partial charge in [0, 0.05) is 25.5 Å². The molecule has 6 heteroatoms. The van der Waals surface area contributed by atoms with Gasteiger partial charge in [0.05, 0.1) is 12.7 Å². The third kappa shape index (κ3) is 3.78. The van der Waals surface area contributed by atoms with E-state index in [2.05, 4.69) is 10.3 Å². The Morgan fingerprint density at radius 3 is 2.95 bits per heavy atom. The predicted octanol–water partition coefficient (Wildman–Crippen LogP) is 1.40. The molecule has 1 aliphatic rings. The van der Waals surface area contributed by atoms with Gasteiger partial charge in [-0.25, -0.2) is 4.98 Å². The molecule has 0 bridgehead atoms. The van der Waals surface area contributed by atoms with E-state index in [0.29, 0.717) is 26.2 Å². The van der Waals surface area contributed by atoms with Crippen molar-refractivity contribution in [1.29, 1.82) is 0 Å². The number of benzene rings is 1. The Kier molecular flexibility index (Phi) is 4.58. The van der Waals surface area contributed by atoms with Crippen LogP contribution in [0.25, 0.3) is 0 Å². The lowest BCUT2D eigenvalue weighted by atomic mass is 10.1. The van der Waals surface area contributed by atoms with Crippen LogP contribution < -0.4 is 14.8 Å². The lowest BCUT2D eigenvalue weighted by Crippen LogP contribution is -2.26. The van der Waals surface area contributed by atoms with Gasteiger partial charge < -0.3 is 19.4 Å². The number of nitrogens with one attached hydrogen (secondary N) is 1. The largest absolute Gasteiger partial charge is 0.486 e. The van der Waals surface area contributed by atoms with Crippen LogP contribution in [0.1, 0.15) is 12.0 Å². The molecule has 1 N–H and O–H groups in total. The Bertz CT molecular complexity index is 626. The highest BCUT2D eigenvalue weighted by molar-refractivity contribution is 5.78. The Balaban J connectivity index is 1.43. The average Bonchev–Trinajstić information content (AvgIpc) is 3.05. The fourth-order valence-electron chi connectivity index (χ4n) is 2.35. The number of fused-ring (bicyclic) bond motifs is 1. The molecule has 0 spiro atoms. The van der Waals surface area contributed by atoms with Crippen molar-refractivity contribution in [3.8, 4) is 11.5 Å². The number of aromatic nitrogens is 2. The van der Waals surface area contributed by atoms with E-state index in [1.165, 1.54) is 0 Å². The van der Waals surface area contributed by atoms with Crippen molar-refractivity contribution in [3.63, 3.8) is 0 Å². The van der Waals surface area contributed by atoms with Gasteiger partial charge in [-0.1, -0.05) is 6.07 Å². The molecule has 22 heavy (non-hydrogen) atoms. The zero-order chi connectivity index (χ0) is 15.2. The Hall–Kier alpha value is -2.50. The highest BCUT2D eigenvalue weighted by atomic mass is 16.6. The first-order valence-corrected chi connectivity index (χ1v) is 7.42. The van der Waals surface area contributed by atoms with Crippen LogP contribution in [0.5, 0.6) is 11.5 Å². The minimum absolute atomic E-state index is 0.0160. The molecule has 6 nitrogen and oxygen atoms in total.